The monoisotopic (exact) mass is 438 g/mol. The summed E-state index contributed by atoms with van der Waals surface area (Å²) in [5, 5.41) is 14.5. The molecule has 2 aromatic carbocycles. The summed E-state index contributed by atoms with van der Waals surface area (Å²) >= 11 is 0. The number of nitro benzene ring substituents is 1. The number of benzene rings is 2. The number of nitrogens with zero attached hydrogens (tertiary/aromatic N) is 1. The number of aryl methyl sites for hydroxylation is 2. The quantitative estimate of drug-likeness (QED) is 0.298. The first-order valence-corrected chi connectivity index (χ1v) is 10.5. The Morgan fingerprint density at radius 1 is 1.28 bits per heavy atom. The SMILES string of the molecule is CCOc1cc2oc3c(c2cc1/C(C)=C/C(=O)Nc1ccc(F)c([N+](=O)[O-])c1)CCCC3. The largest absolute Gasteiger partial charge is 0.493 e. The van der Waals surface area contributed by atoms with E-state index in [1.165, 1.54) is 17.7 Å². The number of hydrogen-bond acceptors (Lipinski definition) is 5. The van der Waals surface area contributed by atoms with Crippen molar-refractivity contribution in [1.82, 2.24) is 0 Å². The molecule has 1 aliphatic carbocycles. The lowest BCUT2D eigenvalue weighted by Gasteiger charge is -2.12. The molecule has 1 amide bonds. The van der Waals surface area contributed by atoms with Gasteiger partial charge < -0.3 is 14.5 Å². The van der Waals surface area contributed by atoms with Crippen LogP contribution in [0.15, 0.2) is 40.8 Å². The van der Waals surface area contributed by atoms with E-state index in [2.05, 4.69) is 5.32 Å². The zero-order valence-electron chi connectivity index (χ0n) is 17.9. The van der Waals surface area contributed by atoms with Crippen LogP contribution in [0, 0.1) is 15.9 Å². The number of furan rings is 1. The van der Waals surface area contributed by atoms with E-state index in [-0.39, 0.29) is 5.69 Å². The molecular weight excluding hydrogens is 415 g/mol. The molecule has 0 bridgehead atoms. The maximum Gasteiger partial charge on any atom is 0.306 e. The van der Waals surface area contributed by atoms with Crippen LogP contribution in [0.5, 0.6) is 5.75 Å². The van der Waals surface area contributed by atoms with E-state index < -0.39 is 22.3 Å². The molecule has 1 aromatic heterocycles. The third-order valence-corrected chi connectivity index (χ3v) is 5.54. The summed E-state index contributed by atoms with van der Waals surface area (Å²) in [6.45, 7) is 4.13. The van der Waals surface area contributed by atoms with Gasteiger partial charge >= 0.3 is 5.69 Å². The number of nitro groups is 1. The number of nitrogens with one attached hydrogen (secondary N) is 1. The molecule has 0 unspecified atom stereocenters. The van der Waals surface area contributed by atoms with Crippen LogP contribution in [0.25, 0.3) is 16.5 Å². The molecular formula is C24H23FN2O5. The fourth-order valence-electron chi connectivity index (χ4n) is 4.06. The van der Waals surface area contributed by atoms with E-state index in [0.717, 1.165) is 60.1 Å². The number of amides is 1. The zero-order valence-corrected chi connectivity index (χ0v) is 17.9. The summed E-state index contributed by atoms with van der Waals surface area (Å²) in [4.78, 5) is 22.7. The maximum absolute atomic E-state index is 13.5. The maximum atomic E-state index is 13.5. The molecule has 1 N–H and O–H groups in total. The van der Waals surface area contributed by atoms with Crippen molar-refractivity contribution in [2.24, 2.45) is 0 Å². The predicted molar refractivity (Wildman–Crippen MR) is 119 cm³/mol. The summed E-state index contributed by atoms with van der Waals surface area (Å²) in [5.41, 5.74) is 2.87. The predicted octanol–water partition coefficient (Wildman–Crippen LogP) is 5.80. The van der Waals surface area contributed by atoms with Crippen molar-refractivity contribution < 1.29 is 23.3 Å². The summed E-state index contributed by atoms with van der Waals surface area (Å²) in [7, 11) is 0. The summed E-state index contributed by atoms with van der Waals surface area (Å²) in [6, 6.07) is 7.08. The smallest absolute Gasteiger partial charge is 0.306 e. The van der Waals surface area contributed by atoms with E-state index >= 15 is 0 Å². The number of allylic oxidation sites excluding steroid dienone is 1. The number of anilines is 1. The van der Waals surface area contributed by atoms with Gasteiger partial charge in [-0.2, -0.15) is 4.39 Å². The van der Waals surface area contributed by atoms with Crippen molar-refractivity contribution in [3.05, 3.63) is 69.2 Å². The molecule has 1 heterocycles. The third kappa shape index (κ3) is 4.21. The topological polar surface area (TPSA) is 94.6 Å². The van der Waals surface area contributed by atoms with Gasteiger partial charge in [0.2, 0.25) is 11.7 Å². The molecule has 0 aliphatic heterocycles. The van der Waals surface area contributed by atoms with E-state index in [0.29, 0.717) is 17.9 Å². The molecule has 0 radical (unpaired) electrons. The van der Waals surface area contributed by atoms with Crippen molar-refractivity contribution >= 4 is 33.8 Å². The number of ether oxygens (including phenoxy) is 1. The minimum atomic E-state index is -0.960. The highest BCUT2D eigenvalue weighted by Crippen LogP contribution is 2.38. The Labute approximate surface area is 184 Å². The van der Waals surface area contributed by atoms with Gasteiger partial charge in [0, 0.05) is 46.8 Å². The standard InChI is InChI=1S/C24H23FN2O5/c1-3-31-22-13-23-18(16-6-4-5-7-21(16)32-23)12-17(22)14(2)10-24(28)26-15-8-9-19(25)20(11-15)27(29)30/h8-13H,3-7H2,1-2H3,(H,26,28)/b14-10+. The molecule has 0 atom stereocenters. The number of rotatable bonds is 6. The second-order valence-corrected chi connectivity index (χ2v) is 7.73. The average Bonchev–Trinajstić information content (AvgIpc) is 3.12. The Hall–Kier alpha value is -3.68. The molecule has 7 nitrogen and oxygen atoms in total. The molecule has 32 heavy (non-hydrogen) atoms. The molecule has 8 heteroatoms. The highest BCUT2D eigenvalue weighted by Gasteiger charge is 2.21. The van der Waals surface area contributed by atoms with Gasteiger partial charge in [0.15, 0.2) is 0 Å². The van der Waals surface area contributed by atoms with Crippen molar-refractivity contribution in [3.8, 4) is 5.75 Å². The first-order valence-electron chi connectivity index (χ1n) is 10.5. The van der Waals surface area contributed by atoms with Crippen molar-refractivity contribution in [2.45, 2.75) is 39.5 Å². The average molecular weight is 438 g/mol. The first-order chi connectivity index (χ1) is 15.4. The van der Waals surface area contributed by atoms with Gasteiger partial charge in [-0.1, -0.05) is 0 Å². The first kappa shape index (κ1) is 21.5. The molecule has 0 fully saturated rings. The van der Waals surface area contributed by atoms with Crippen LogP contribution in [0.1, 0.15) is 43.6 Å². The summed E-state index contributed by atoms with van der Waals surface area (Å²) in [6.07, 6.45) is 5.50. The molecule has 1 aliphatic rings. The Kier molecular flexibility index (Phi) is 5.94. The van der Waals surface area contributed by atoms with E-state index in [4.69, 9.17) is 9.15 Å². The Bertz CT molecular complexity index is 1240. The number of carbonyl (C=O) groups excluding carboxylic acids is 1. The minimum Gasteiger partial charge on any atom is -0.493 e. The Balaban J connectivity index is 1.66. The number of halogens is 1. The Morgan fingerprint density at radius 3 is 2.81 bits per heavy atom. The van der Waals surface area contributed by atoms with E-state index in [1.54, 1.807) is 6.92 Å². The van der Waals surface area contributed by atoms with Gasteiger partial charge in [-0.25, -0.2) is 0 Å². The second kappa shape index (κ2) is 8.82. The highest BCUT2D eigenvalue weighted by atomic mass is 19.1. The molecule has 0 saturated heterocycles. The van der Waals surface area contributed by atoms with Gasteiger partial charge in [0.05, 0.1) is 11.5 Å². The third-order valence-electron chi connectivity index (χ3n) is 5.54. The Morgan fingerprint density at radius 2 is 2.06 bits per heavy atom. The summed E-state index contributed by atoms with van der Waals surface area (Å²) in [5.74, 6) is 0.186. The fourth-order valence-corrected chi connectivity index (χ4v) is 4.06. The van der Waals surface area contributed by atoms with Crippen LogP contribution < -0.4 is 10.1 Å². The van der Waals surface area contributed by atoms with Crippen molar-refractivity contribution in [2.75, 3.05) is 11.9 Å². The highest BCUT2D eigenvalue weighted by molar-refractivity contribution is 6.05. The van der Waals surface area contributed by atoms with Gasteiger partial charge in [0.25, 0.3) is 0 Å². The van der Waals surface area contributed by atoms with Crippen LogP contribution in [0.2, 0.25) is 0 Å². The summed E-state index contributed by atoms with van der Waals surface area (Å²) < 4.78 is 25.4. The van der Waals surface area contributed by atoms with Crippen LogP contribution in [-0.4, -0.2) is 17.4 Å². The normalized spacial score (nSPS) is 13.7. The van der Waals surface area contributed by atoms with Gasteiger partial charge in [0.1, 0.15) is 17.1 Å². The molecule has 0 spiro atoms. The van der Waals surface area contributed by atoms with Gasteiger partial charge in [-0.05, 0) is 56.9 Å². The van der Waals surface area contributed by atoms with Gasteiger partial charge in [-0.3, -0.25) is 14.9 Å². The lowest BCUT2D eigenvalue weighted by Crippen LogP contribution is -2.09. The van der Waals surface area contributed by atoms with Crippen LogP contribution in [-0.2, 0) is 17.6 Å². The number of fused-ring (bicyclic) bond motifs is 3. The second-order valence-electron chi connectivity index (χ2n) is 7.73. The van der Waals surface area contributed by atoms with Crippen LogP contribution in [0.3, 0.4) is 0 Å². The van der Waals surface area contributed by atoms with Crippen LogP contribution >= 0.6 is 0 Å². The molecule has 3 aromatic rings. The zero-order chi connectivity index (χ0) is 22.8. The molecule has 166 valence electrons. The van der Waals surface area contributed by atoms with E-state index in [9.17, 15) is 19.3 Å². The number of carbonyl (C=O) groups is 1. The number of hydrogen-bond donors (Lipinski definition) is 1. The van der Waals surface area contributed by atoms with Crippen molar-refractivity contribution in [1.29, 1.82) is 0 Å². The lowest BCUT2D eigenvalue weighted by molar-refractivity contribution is -0.387. The molecule has 4 rings (SSSR count). The molecule has 0 saturated carbocycles. The lowest BCUT2D eigenvalue weighted by atomic mass is 9.94. The van der Waals surface area contributed by atoms with Gasteiger partial charge in [-0.15, -0.1) is 0 Å². The fraction of sp³-hybridized carbons (Fsp3) is 0.292. The van der Waals surface area contributed by atoms with E-state index in [1.807, 2.05) is 19.1 Å². The van der Waals surface area contributed by atoms with Crippen molar-refractivity contribution in [3.63, 3.8) is 0 Å². The minimum absolute atomic E-state index is 0.136. The van der Waals surface area contributed by atoms with Crippen LogP contribution in [0.4, 0.5) is 15.8 Å².